The Kier molecular flexibility index (Phi) is 5.90. The van der Waals surface area contributed by atoms with E-state index >= 15 is 0 Å². The zero-order valence-electron chi connectivity index (χ0n) is 17.8. The molecule has 7 heteroatoms. The largest absolute Gasteiger partial charge is 0.468 e. The number of rotatable bonds is 6. The number of nitrogens with zero attached hydrogens (tertiary/aromatic N) is 2. The van der Waals surface area contributed by atoms with E-state index in [1.54, 1.807) is 12.3 Å². The molecule has 0 amide bonds. The van der Waals surface area contributed by atoms with Gasteiger partial charge in [0, 0.05) is 40.8 Å². The summed E-state index contributed by atoms with van der Waals surface area (Å²) in [5.74, 6) is -2.24. The second kappa shape index (κ2) is 8.78. The van der Waals surface area contributed by atoms with Crippen molar-refractivity contribution in [1.29, 1.82) is 0 Å². The average Bonchev–Trinajstić information content (AvgIpc) is 3.05. The normalized spacial score (nSPS) is 11.1. The fourth-order valence-electron chi connectivity index (χ4n) is 3.99. The maximum Gasteiger partial charge on any atom is 0.325 e. The van der Waals surface area contributed by atoms with E-state index in [4.69, 9.17) is 4.74 Å². The highest BCUT2D eigenvalue weighted by molar-refractivity contribution is 5.87. The van der Waals surface area contributed by atoms with Gasteiger partial charge in [0.05, 0.1) is 13.7 Å². The molecule has 4 rings (SSSR count). The predicted molar refractivity (Wildman–Crippen MR) is 118 cm³/mol. The molecule has 0 aliphatic rings. The van der Waals surface area contributed by atoms with Crippen LogP contribution in [0.5, 0.6) is 0 Å². The fourth-order valence-corrected chi connectivity index (χ4v) is 3.99. The van der Waals surface area contributed by atoms with Crippen LogP contribution in [0.25, 0.3) is 10.9 Å². The molecule has 0 saturated heterocycles. The van der Waals surface area contributed by atoms with Gasteiger partial charge >= 0.3 is 5.97 Å². The highest BCUT2D eigenvalue weighted by Crippen LogP contribution is 2.28. The minimum Gasteiger partial charge on any atom is -0.468 e. The molecule has 0 aliphatic carbocycles. The number of para-hydroxylation sites is 1. The molecule has 0 radical (unpaired) electrons. The summed E-state index contributed by atoms with van der Waals surface area (Å²) in [5.41, 5.74) is 3.50. The van der Waals surface area contributed by atoms with Crippen molar-refractivity contribution in [3.63, 3.8) is 0 Å². The summed E-state index contributed by atoms with van der Waals surface area (Å²) in [4.78, 5) is 24.3. The third kappa shape index (κ3) is 4.06. The molecule has 0 N–H and O–H groups in total. The van der Waals surface area contributed by atoms with Gasteiger partial charge in [-0.15, -0.1) is 0 Å². The van der Waals surface area contributed by atoms with E-state index in [2.05, 4.69) is 0 Å². The Labute approximate surface area is 183 Å². The molecule has 5 nitrogen and oxygen atoms in total. The van der Waals surface area contributed by atoms with Crippen LogP contribution in [-0.4, -0.2) is 22.2 Å². The lowest BCUT2D eigenvalue weighted by molar-refractivity contribution is -0.141. The summed E-state index contributed by atoms with van der Waals surface area (Å²) in [5, 5.41) is 1.00. The van der Waals surface area contributed by atoms with Gasteiger partial charge in [0.1, 0.15) is 6.54 Å². The minimum atomic E-state index is -0.952. The van der Waals surface area contributed by atoms with Crippen LogP contribution < -0.4 is 5.56 Å². The third-order valence-electron chi connectivity index (χ3n) is 5.67. The topological polar surface area (TPSA) is 53.2 Å². The first kappa shape index (κ1) is 21.5. The first-order valence-electron chi connectivity index (χ1n) is 10.1. The van der Waals surface area contributed by atoms with Crippen molar-refractivity contribution in [3.05, 3.63) is 105 Å². The van der Waals surface area contributed by atoms with Crippen molar-refractivity contribution < 1.29 is 18.3 Å². The highest BCUT2D eigenvalue weighted by Gasteiger charge is 2.17. The molecule has 4 aromatic rings. The summed E-state index contributed by atoms with van der Waals surface area (Å²) < 4.78 is 35.8. The van der Waals surface area contributed by atoms with Crippen molar-refractivity contribution in [1.82, 2.24) is 9.13 Å². The number of ether oxygens (including phenoxy) is 1. The highest BCUT2D eigenvalue weighted by atomic mass is 19.2. The Hall–Kier alpha value is -3.74. The van der Waals surface area contributed by atoms with Crippen LogP contribution in [0.15, 0.2) is 65.6 Å². The molecule has 0 bridgehead atoms. The Morgan fingerprint density at radius 3 is 2.59 bits per heavy atom. The molecule has 2 heterocycles. The Balaban J connectivity index is 1.72. The molecule has 0 aliphatic heterocycles. The molecular formula is C25H22F2N2O3. The maximum atomic E-state index is 14.1. The fraction of sp³-hybridized carbons (Fsp3) is 0.200. The number of methoxy groups -OCH3 is 1. The van der Waals surface area contributed by atoms with Crippen LogP contribution in [0.2, 0.25) is 0 Å². The number of carbonyl (C=O) groups is 1. The Morgan fingerprint density at radius 2 is 1.81 bits per heavy atom. The molecule has 2 aromatic carbocycles. The third-order valence-corrected chi connectivity index (χ3v) is 5.67. The molecule has 0 unspecified atom stereocenters. The minimum absolute atomic E-state index is 0.0701. The molecule has 0 saturated carbocycles. The number of benzene rings is 2. The monoisotopic (exact) mass is 436 g/mol. The second-order valence-electron chi connectivity index (χ2n) is 7.64. The number of esters is 1. The van der Waals surface area contributed by atoms with Gasteiger partial charge in [-0.3, -0.25) is 9.59 Å². The van der Waals surface area contributed by atoms with Crippen LogP contribution >= 0.6 is 0 Å². The molecule has 2 aromatic heterocycles. The smallest absolute Gasteiger partial charge is 0.325 e. The van der Waals surface area contributed by atoms with Crippen LogP contribution in [0, 0.1) is 18.6 Å². The number of hydrogen-bond donors (Lipinski definition) is 0. The van der Waals surface area contributed by atoms with E-state index in [0.717, 1.165) is 33.8 Å². The summed E-state index contributed by atoms with van der Waals surface area (Å²) in [6.07, 6.45) is 2.17. The average molecular weight is 436 g/mol. The Bertz CT molecular complexity index is 1370. The molecule has 32 heavy (non-hydrogen) atoms. The van der Waals surface area contributed by atoms with Gasteiger partial charge in [0.15, 0.2) is 11.6 Å². The van der Waals surface area contributed by atoms with Gasteiger partial charge < -0.3 is 13.9 Å². The van der Waals surface area contributed by atoms with Crippen LogP contribution in [0.4, 0.5) is 8.78 Å². The number of carbonyl (C=O) groups excluding carboxylic acids is 1. The zero-order valence-corrected chi connectivity index (χ0v) is 17.8. The Morgan fingerprint density at radius 1 is 1.03 bits per heavy atom. The molecular weight excluding hydrogens is 414 g/mol. The van der Waals surface area contributed by atoms with Crippen molar-refractivity contribution in [2.45, 2.75) is 26.4 Å². The molecule has 164 valence electrons. The van der Waals surface area contributed by atoms with E-state index in [0.29, 0.717) is 6.42 Å². The lowest BCUT2D eigenvalue weighted by Crippen LogP contribution is -2.20. The van der Waals surface area contributed by atoms with E-state index in [1.165, 1.54) is 29.9 Å². The number of halogens is 2. The van der Waals surface area contributed by atoms with Gasteiger partial charge in [-0.1, -0.05) is 36.4 Å². The zero-order chi connectivity index (χ0) is 22.8. The van der Waals surface area contributed by atoms with Crippen LogP contribution in [-0.2, 0) is 29.0 Å². The van der Waals surface area contributed by atoms with Crippen molar-refractivity contribution >= 4 is 16.9 Å². The SMILES string of the molecule is COC(=O)Cn1c(C)c(Cc2ccc(=O)n(Cc3cccc(F)c3F)c2)c2ccccc21. The summed E-state index contributed by atoms with van der Waals surface area (Å²) in [6.45, 7) is 1.97. The predicted octanol–water partition coefficient (Wildman–Crippen LogP) is 4.20. The molecule has 0 fully saturated rings. The standard InChI is InChI=1S/C25H22F2N2O3/c1-16-20(19-7-3-4-9-22(19)29(16)15-24(31)32-2)12-17-10-11-23(30)28(13-17)14-18-6-5-8-21(26)25(18)27/h3-11,13H,12,14-15H2,1-2H3. The second-order valence-corrected chi connectivity index (χ2v) is 7.64. The molecule has 0 atom stereocenters. The van der Waals surface area contributed by atoms with Crippen LogP contribution in [0.3, 0.4) is 0 Å². The van der Waals surface area contributed by atoms with E-state index in [9.17, 15) is 18.4 Å². The van der Waals surface area contributed by atoms with Crippen molar-refractivity contribution in [2.24, 2.45) is 0 Å². The van der Waals surface area contributed by atoms with E-state index < -0.39 is 11.6 Å². The summed E-state index contributed by atoms with van der Waals surface area (Å²) in [6, 6.07) is 14.9. The van der Waals surface area contributed by atoms with Crippen molar-refractivity contribution in [2.75, 3.05) is 7.11 Å². The number of fused-ring (bicyclic) bond motifs is 1. The first-order valence-corrected chi connectivity index (χ1v) is 10.1. The summed E-state index contributed by atoms with van der Waals surface area (Å²) in [7, 11) is 1.36. The summed E-state index contributed by atoms with van der Waals surface area (Å²) >= 11 is 0. The number of aromatic nitrogens is 2. The lowest BCUT2D eigenvalue weighted by atomic mass is 10.0. The van der Waals surface area contributed by atoms with Crippen molar-refractivity contribution in [3.8, 4) is 0 Å². The maximum absolute atomic E-state index is 14.1. The first-order chi connectivity index (χ1) is 15.4. The van der Waals surface area contributed by atoms with Gasteiger partial charge in [-0.2, -0.15) is 0 Å². The number of pyridine rings is 1. The molecule has 0 spiro atoms. The van der Waals surface area contributed by atoms with Crippen LogP contribution in [0.1, 0.15) is 22.4 Å². The lowest BCUT2D eigenvalue weighted by Gasteiger charge is -2.10. The van der Waals surface area contributed by atoms with Gasteiger partial charge in [0.25, 0.3) is 5.56 Å². The quantitative estimate of drug-likeness (QED) is 0.426. The van der Waals surface area contributed by atoms with Gasteiger partial charge in [0.2, 0.25) is 0 Å². The van der Waals surface area contributed by atoms with Gasteiger partial charge in [-0.05, 0) is 30.2 Å². The van der Waals surface area contributed by atoms with E-state index in [-0.39, 0.29) is 30.2 Å². The van der Waals surface area contributed by atoms with Gasteiger partial charge in [-0.25, -0.2) is 8.78 Å². The number of hydrogen-bond acceptors (Lipinski definition) is 3. The van der Waals surface area contributed by atoms with E-state index in [1.807, 2.05) is 35.8 Å².